The Hall–Kier alpha value is -1.06. The normalized spacial score (nSPS) is 22.7. The van der Waals surface area contributed by atoms with Crippen molar-refractivity contribution in [1.82, 2.24) is 10.2 Å². The molecule has 0 radical (unpaired) electrons. The van der Waals surface area contributed by atoms with Crippen LogP contribution >= 0.6 is 0 Å². The van der Waals surface area contributed by atoms with Crippen LogP contribution in [-0.2, 0) is 9.59 Å². The van der Waals surface area contributed by atoms with E-state index >= 15 is 0 Å². The predicted octanol–water partition coefficient (Wildman–Crippen LogP) is 0.625. The van der Waals surface area contributed by atoms with E-state index in [1.807, 2.05) is 14.0 Å². The summed E-state index contributed by atoms with van der Waals surface area (Å²) in [6.45, 7) is 6.71. The predicted molar refractivity (Wildman–Crippen MR) is 58.2 cm³/mol. The zero-order valence-electron chi connectivity index (χ0n) is 9.91. The van der Waals surface area contributed by atoms with Crippen LogP contribution in [0.25, 0.3) is 0 Å². The Morgan fingerprint density at radius 2 is 2.07 bits per heavy atom. The van der Waals surface area contributed by atoms with Crippen molar-refractivity contribution in [3.63, 3.8) is 0 Å². The highest BCUT2D eigenvalue weighted by Crippen LogP contribution is 2.16. The Labute approximate surface area is 91.0 Å². The number of carbonyl (C=O) groups excluding carboxylic acids is 2. The van der Waals surface area contributed by atoms with Gasteiger partial charge in [0.25, 0.3) is 0 Å². The van der Waals surface area contributed by atoms with Crippen LogP contribution < -0.4 is 5.32 Å². The van der Waals surface area contributed by atoms with E-state index in [1.54, 1.807) is 4.90 Å². The van der Waals surface area contributed by atoms with Gasteiger partial charge in [0.15, 0.2) is 0 Å². The summed E-state index contributed by atoms with van der Waals surface area (Å²) >= 11 is 0. The molecule has 0 bridgehead atoms. The highest BCUT2D eigenvalue weighted by molar-refractivity contribution is 5.89. The summed E-state index contributed by atoms with van der Waals surface area (Å²) in [5, 5.41) is 2.69. The number of hydrogen-bond acceptors (Lipinski definition) is 2. The smallest absolute Gasteiger partial charge is 0.227 e. The van der Waals surface area contributed by atoms with Gasteiger partial charge in [0.1, 0.15) is 0 Å². The maximum Gasteiger partial charge on any atom is 0.227 e. The standard InChI is InChI=1S/C11H20N2O2/c1-7(2)8(3)13(4)11(15)9-5-10(14)12-6-9/h7-9H,5-6H2,1-4H3,(H,12,14). The lowest BCUT2D eigenvalue weighted by molar-refractivity contribution is -0.137. The third-order valence-corrected chi connectivity index (χ3v) is 3.25. The van der Waals surface area contributed by atoms with E-state index in [4.69, 9.17) is 0 Å². The first-order chi connectivity index (χ1) is 6.93. The number of nitrogens with zero attached hydrogens (tertiary/aromatic N) is 1. The topological polar surface area (TPSA) is 49.4 Å². The molecule has 1 N–H and O–H groups in total. The third kappa shape index (κ3) is 2.70. The summed E-state index contributed by atoms with van der Waals surface area (Å²) in [6.07, 6.45) is 0.341. The Balaban J connectivity index is 2.56. The van der Waals surface area contributed by atoms with Crippen LogP contribution in [0.5, 0.6) is 0 Å². The minimum absolute atomic E-state index is 0.0149. The third-order valence-electron chi connectivity index (χ3n) is 3.25. The van der Waals surface area contributed by atoms with Crippen LogP contribution in [-0.4, -0.2) is 36.3 Å². The first kappa shape index (κ1) is 12.0. The van der Waals surface area contributed by atoms with Crippen LogP contribution in [0.1, 0.15) is 27.2 Å². The Kier molecular flexibility index (Phi) is 3.72. The Morgan fingerprint density at radius 1 is 1.47 bits per heavy atom. The second kappa shape index (κ2) is 4.64. The van der Waals surface area contributed by atoms with E-state index in [9.17, 15) is 9.59 Å². The van der Waals surface area contributed by atoms with Gasteiger partial charge in [-0.2, -0.15) is 0 Å². The summed E-state index contributed by atoms with van der Waals surface area (Å²) in [4.78, 5) is 24.7. The van der Waals surface area contributed by atoms with Gasteiger partial charge in [-0.3, -0.25) is 9.59 Å². The highest BCUT2D eigenvalue weighted by Gasteiger charge is 2.31. The second-order valence-corrected chi connectivity index (χ2v) is 4.64. The van der Waals surface area contributed by atoms with Crippen molar-refractivity contribution in [2.24, 2.45) is 11.8 Å². The van der Waals surface area contributed by atoms with Crippen molar-refractivity contribution in [2.45, 2.75) is 33.2 Å². The maximum absolute atomic E-state index is 12.0. The number of amides is 2. The van der Waals surface area contributed by atoms with Gasteiger partial charge in [0.2, 0.25) is 11.8 Å². The van der Waals surface area contributed by atoms with Crippen LogP contribution in [0.15, 0.2) is 0 Å². The molecule has 2 atom stereocenters. The fourth-order valence-corrected chi connectivity index (χ4v) is 1.72. The van der Waals surface area contributed by atoms with Crippen LogP contribution in [0.3, 0.4) is 0 Å². The molecule has 86 valence electrons. The van der Waals surface area contributed by atoms with Crippen molar-refractivity contribution in [1.29, 1.82) is 0 Å². The van der Waals surface area contributed by atoms with E-state index in [2.05, 4.69) is 19.2 Å². The zero-order chi connectivity index (χ0) is 11.6. The Bertz CT molecular complexity index is 263. The minimum Gasteiger partial charge on any atom is -0.355 e. The largest absolute Gasteiger partial charge is 0.355 e. The van der Waals surface area contributed by atoms with Gasteiger partial charge < -0.3 is 10.2 Å². The molecule has 1 fully saturated rings. The molecule has 15 heavy (non-hydrogen) atoms. The number of nitrogens with one attached hydrogen (secondary N) is 1. The number of carbonyl (C=O) groups is 2. The van der Waals surface area contributed by atoms with E-state index in [1.165, 1.54) is 0 Å². The van der Waals surface area contributed by atoms with Gasteiger partial charge in [-0.1, -0.05) is 13.8 Å². The molecule has 0 saturated carbocycles. The molecule has 1 aliphatic heterocycles. The molecule has 0 aromatic carbocycles. The summed E-state index contributed by atoms with van der Waals surface area (Å²) in [5.41, 5.74) is 0. The number of rotatable bonds is 3. The molecular weight excluding hydrogens is 192 g/mol. The van der Waals surface area contributed by atoms with Crippen molar-refractivity contribution in [2.75, 3.05) is 13.6 Å². The molecule has 0 aromatic rings. The summed E-state index contributed by atoms with van der Waals surface area (Å²) in [6, 6.07) is 0.216. The lowest BCUT2D eigenvalue weighted by Crippen LogP contribution is -2.42. The van der Waals surface area contributed by atoms with Crippen molar-refractivity contribution >= 4 is 11.8 Å². The average Bonchev–Trinajstić information content (AvgIpc) is 2.61. The van der Waals surface area contributed by atoms with Crippen molar-refractivity contribution in [3.8, 4) is 0 Å². The first-order valence-electron chi connectivity index (χ1n) is 5.46. The van der Waals surface area contributed by atoms with Gasteiger partial charge >= 0.3 is 0 Å². The molecule has 1 heterocycles. The van der Waals surface area contributed by atoms with Gasteiger partial charge in [-0.25, -0.2) is 0 Å². The molecule has 1 rings (SSSR count). The summed E-state index contributed by atoms with van der Waals surface area (Å²) in [7, 11) is 1.82. The van der Waals surface area contributed by atoms with Crippen molar-refractivity contribution in [3.05, 3.63) is 0 Å². The average molecular weight is 212 g/mol. The molecule has 0 spiro atoms. The van der Waals surface area contributed by atoms with Crippen molar-refractivity contribution < 1.29 is 9.59 Å². The maximum atomic E-state index is 12.0. The van der Waals surface area contributed by atoms with Gasteiger partial charge in [-0.15, -0.1) is 0 Å². The molecule has 4 nitrogen and oxygen atoms in total. The molecular formula is C11H20N2O2. The summed E-state index contributed by atoms with van der Waals surface area (Å²) < 4.78 is 0. The highest BCUT2D eigenvalue weighted by atomic mass is 16.2. The van der Waals surface area contributed by atoms with Gasteiger partial charge in [0.05, 0.1) is 5.92 Å². The fraction of sp³-hybridized carbons (Fsp3) is 0.818. The molecule has 0 aromatic heterocycles. The van der Waals surface area contributed by atoms with E-state index in [0.29, 0.717) is 18.9 Å². The summed E-state index contributed by atoms with van der Waals surface area (Å²) in [5.74, 6) is 0.334. The monoisotopic (exact) mass is 212 g/mol. The molecule has 0 aliphatic carbocycles. The quantitative estimate of drug-likeness (QED) is 0.745. The fourth-order valence-electron chi connectivity index (χ4n) is 1.72. The van der Waals surface area contributed by atoms with Gasteiger partial charge in [0, 0.05) is 26.1 Å². The Morgan fingerprint density at radius 3 is 2.47 bits per heavy atom. The molecule has 1 saturated heterocycles. The van der Waals surface area contributed by atoms with Crippen LogP contribution in [0, 0.1) is 11.8 Å². The van der Waals surface area contributed by atoms with E-state index in [0.717, 1.165) is 0 Å². The molecule has 4 heteroatoms. The van der Waals surface area contributed by atoms with E-state index in [-0.39, 0.29) is 23.8 Å². The van der Waals surface area contributed by atoms with Crippen LogP contribution in [0.4, 0.5) is 0 Å². The van der Waals surface area contributed by atoms with E-state index < -0.39 is 0 Å². The first-order valence-corrected chi connectivity index (χ1v) is 5.46. The lowest BCUT2D eigenvalue weighted by atomic mass is 10.0. The SMILES string of the molecule is CC(C)C(C)N(C)C(=O)C1CNC(=O)C1. The molecule has 2 amide bonds. The molecule has 2 unspecified atom stereocenters. The lowest BCUT2D eigenvalue weighted by Gasteiger charge is -2.29. The van der Waals surface area contributed by atoms with Crippen LogP contribution in [0.2, 0.25) is 0 Å². The van der Waals surface area contributed by atoms with Gasteiger partial charge in [-0.05, 0) is 12.8 Å². The molecule has 1 aliphatic rings. The number of hydrogen-bond donors (Lipinski definition) is 1. The zero-order valence-corrected chi connectivity index (χ0v) is 9.91. The second-order valence-electron chi connectivity index (χ2n) is 4.64. The minimum atomic E-state index is -0.163.